The number of nitriles is 4. The van der Waals surface area contributed by atoms with Gasteiger partial charge in [0.25, 0.3) is 0 Å². The molecule has 0 radical (unpaired) electrons. The van der Waals surface area contributed by atoms with Crippen LogP contribution in [0.25, 0.3) is 0 Å². The van der Waals surface area contributed by atoms with Crippen LogP contribution in [0.1, 0.15) is 87.5 Å². The fourth-order valence-electron chi connectivity index (χ4n) is 4.14. The first-order valence-electron chi connectivity index (χ1n) is 12.2. The van der Waals surface area contributed by atoms with Gasteiger partial charge in [-0.15, -0.1) is 0 Å². The minimum Gasteiger partial charge on any atom is -0.491 e. The Kier molecular flexibility index (Phi) is 11.1. The van der Waals surface area contributed by atoms with Crippen molar-refractivity contribution < 1.29 is 9.47 Å². The van der Waals surface area contributed by atoms with Crippen molar-refractivity contribution in [1.82, 2.24) is 0 Å². The predicted octanol–water partition coefficient (Wildman–Crippen LogP) is 6.78. The lowest BCUT2D eigenvalue weighted by Crippen LogP contribution is -2.35. The number of nitrogens with zero attached hydrogens (tertiary/aromatic N) is 4. The minimum absolute atomic E-state index is 0.237. The van der Waals surface area contributed by atoms with E-state index in [0.717, 1.165) is 51.4 Å². The maximum atomic E-state index is 9.60. The van der Waals surface area contributed by atoms with Crippen LogP contribution in [0.4, 0.5) is 0 Å². The van der Waals surface area contributed by atoms with Gasteiger partial charge in [-0.2, -0.15) is 21.0 Å². The van der Waals surface area contributed by atoms with Crippen LogP contribution in [0.2, 0.25) is 0 Å². The highest BCUT2D eigenvalue weighted by atomic mass is 16.5. The number of ether oxygens (including phenoxy) is 2. The van der Waals surface area contributed by atoms with E-state index in [2.05, 4.69) is 38.1 Å². The molecule has 6 nitrogen and oxygen atoms in total. The predicted molar refractivity (Wildman–Crippen MR) is 133 cm³/mol. The molecular formula is C29H32N4O2. The molecule has 2 aromatic carbocycles. The molecule has 0 fully saturated rings. The Morgan fingerprint density at radius 3 is 1.40 bits per heavy atom. The molecule has 0 aliphatic rings. The molecule has 2 aromatic rings. The van der Waals surface area contributed by atoms with E-state index in [-0.39, 0.29) is 27.7 Å². The van der Waals surface area contributed by atoms with Crippen LogP contribution < -0.4 is 9.47 Å². The molecule has 0 heterocycles. The second-order valence-electron chi connectivity index (χ2n) is 8.80. The van der Waals surface area contributed by atoms with Crippen molar-refractivity contribution in [2.75, 3.05) is 13.2 Å². The topological polar surface area (TPSA) is 114 Å². The van der Waals surface area contributed by atoms with Gasteiger partial charge in [-0.3, -0.25) is 0 Å². The Morgan fingerprint density at radius 2 is 1.06 bits per heavy atom. The van der Waals surface area contributed by atoms with E-state index in [1.54, 1.807) is 36.4 Å². The van der Waals surface area contributed by atoms with Gasteiger partial charge in [0.05, 0.1) is 24.3 Å². The molecule has 0 amide bonds. The van der Waals surface area contributed by atoms with Crippen molar-refractivity contribution in [3.05, 3.63) is 58.7 Å². The molecule has 0 aliphatic heterocycles. The lowest BCUT2D eigenvalue weighted by molar-refractivity contribution is 0.0566. The summed E-state index contributed by atoms with van der Waals surface area (Å²) in [5, 5.41) is 37.9. The standard InChI is InChI=1S/C29H32N4O2/c1-3-5-7-15-29(16-8-6-4-2,21-34-27-13-9-11-23(17-30)25(27)19-32)22-35-28-14-10-12-24(18-31)26(28)20-33/h9-14H,3-8,15-16,21-22H2,1-2H3. The molecule has 2 rings (SSSR count). The van der Waals surface area contributed by atoms with Gasteiger partial charge in [0.2, 0.25) is 0 Å². The summed E-state index contributed by atoms with van der Waals surface area (Å²) in [6.45, 7) is 4.96. The maximum Gasteiger partial charge on any atom is 0.138 e. The maximum absolute atomic E-state index is 9.60. The first-order valence-corrected chi connectivity index (χ1v) is 12.2. The lowest BCUT2D eigenvalue weighted by Gasteiger charge is -2.34. The Morgan fingerprint density at radius 1 is 0.629 bits per heavy atom. The summed E-state index contributed by atoms with van der Waals surface area (Å²) in [5.41, 5.74) is 0.696. The molecule has 35 heavy (non-hydrogen) atoms. The molecule has 0 atom stereocenters. The Balaban J connectivity index is 2.37. The van der Waals surface area contributed by atoms with Crippen LogP contribution in [-0.4, -0.2) is 13.2 Å². The van der Waals surface area contributed by atoms with Crippen LogP contribution in [0.15, 0.2) is 36.4 Å². The molecule has 0 unspecified atom stereocenters. The zero-order valence-corrected chi connectivity index (χ0v) is 20.6. The number of benzene rings is 2. The molecule has 0 saturated carbocycles. The molecule has 0 bridgehead atoms. The van der Waals surface area contributed by atoms with Gasteiger partial charge in [0, 0.05) is 5.41 Å². The van der Waals surface area contributed by atoms with Crippen LogP contribution in [0.3, 0.4) is 0 Å². The van der Waals surface area contributed by atoms with Crippen molar-refractivity contribution in [3.8, 4) is 35.8 Å². The first kappa shape index (κ1) is 27.2. The number of hydrogen-bond donors (Lipinski definition) is 0. The second-order valence-corrected chi connectivity index (χ2v) is 8.80. The minimum atomic E-state index is -0.352. The Labute approximate surface area is 208 Å². The van der Waals surface area contributed by atoms with E-state index in [1.807, 2.05) is 0 Å². The fraction of sp³-hybridized carbons (Fsp3) is 0.448. The highest BCUT2D eigenvalue weighted by Crippen LogP contribution is 2.35. The van der Waals surface area contributed by atoms with Gasteiger partial charge in [-0.05, 0) is 37.1 Å². The fourth-order valence-corrected chi connectivity index (χ4v) is 4.14. The summed E-state index contributed by atoms with van der Waals surface area (Å²) < 4.78 is 12.4. The SMILES string of the molecule is CCCCCC(CCCCC)(COc1cccc(C#N)c1C#N)COc1cccc(C#N)c1C#N. The summed E-state index contributed by atoms with van der Waals surface area (Å²) in [6.07, 6.45) is 8.06. The number of rotatable bonds is 14. The lowest BCUT2D eigenvalue weighted by atomic mass is 9.79. The Bertz CT molecular complexity index is 1050. The average Bonchev–Trinajstić information content (AvgIpc) is 2.90. The third kappa shape index (κ3) is 7.50. The number of unbranched alkanes of at least 4 members (excludes halogenated alkanes) is 4. The average molecular weight is 469 g/mol. The Hall–Kier alpha value is -4.00. The molecule has 180 valence electrons. The third-order valence-electron chi connectivity index (χ3n) is 6.21. The van der Waals surface area contributed by atoms with Gasteiger partial charge in [0.15, 0.2) is 0 Å². The first-order chi connectivity index (χ1) is 17.1. The van der Waals surface area contributed by atoms with E-state index in [1.165, 1.54) is 0 Å². The summed E-state index contributed by atoms with van der Waals surface area (Å²) in [6, 6.07) is 18.4. The normalized spacial score (nSPS) is 10.5. The zero-order chi connectivity index (χ0) is 25.5. The largest absolute Gasteiger partial charge is 0.491 e. The summed E-state index contributed by atoms with van der Waals surface area (Å²) in [4.78, 5) is 0. The summed E-state index contributed by atoms with van der Waals surface area (Å²) >= 11 is 0. The quantitative estimate of drug-likeness (QED) is 0.282. The van der Waals surface area contributed by atoms with Crippen LogP contribution in [0, 0.1) is 50.7 Å². The highest BCUT2D eigenvalue weighted by Gasteiger charge is 2.32. The molecule has 0 saturated heterocycles. The van der Waals surface area contributed by atoms with Gasteiger partial charge < -0.3 is 9.47 Å². The highest BCUT2D eigenvalue weighted by molar-refractivity contribution is 5.54. The van der Waals surface area contributed by atoms with Gasteiger partial charge in [-0.25, -0.2) is 0 Å². The van der Waals surface area contributed by atoms with Gasteiger partial charge in [0.1, 0.15) is 46.9 Å². The van der Waals surface area contributed by atoms with Gasteiger partial charge >= 0.3 is 0 Å². The molecule has 0 N–H and O–H groups in total. The van der Waals surface area contributed by atoms with Crippen LogP contribution in [0.5, 0.6) is 11.5 Å². The molecule has 0 aliphatic carbocycles. The second kappa shape index (κ2) is 14.3. The third-order valence-corrected chi connectivity index (χ3v) is 6.21. The molecule has 6 heteroatoms. The van der Waals surface area contributed by atoms with E-state index in [0.29, 0.717) is 24.7 Å². The molecule has 0 aromatic heterocycles. The summed E-state index contributed by atoms with van der Waals surface area (Å²) in [5.74, 6) is 0.789. The summed E-state index contributed by atoms with van der Waals surface area (Å²) in [7, 11) is 0. The van der Waals surface area contributed by atoms with Crippen LogP contribution >= 0.6 is 0 Å². The van der Waals surface area contributed by atoms with Crippen molar-refractivity contribution in [2.45, 2.75) is 65.2 Å². The molecular weight excluding hydrogens is 436 g/mol. The molecule has 0 spiro atoms. The van der Waals surface area contributed by atoms with Crippen molar-refractivity contribution in [1.29, 1.82) is 21.0 Å². The monoisotopic (exact) mass is 468 g/mol. The van der Waals surface area contributed by atoms with E-state index in [4.69, 9.17) is 9.47 Å². The van der Waals surface area contributed by atoms with Crippen molar-refractivity contribution >= 4 is 0 Å². The number of hydrogen-bond acceptors (Lipinski definition) is 6. The van der Waals surface area contributed by atoms with E-state index in [9.17, 15) is 21.0 Å². The van der Waals surface area contributed by atoms with Crippen molar-refractivity contribution in [3.63, 3.8) is 0 Å². The van der Waals surface area contributed by atoms with Crippen LogP contribution in [-0.2, 0) is 0 Å². The van der Waals surface area contributed by atoms with E-state index >= 15 is 0 Å². The van der Waals surface area contributed by atoms with Gasteiger partial charge in [-0.1, -0.05) is 64.5 Å². The zero-order valence-electron chi connectivity index (χ0n) is 20.6. The van der Waals surface area contributed by atoms with Crippen molar-refractivity contribution in [2.24, 2.45) is 5.41 Å². The van der Waals surface area contributed by atoms with E-state index < -0.39 is 0 Å². The smallest absolute Gasteiger partial charge is 0.138 e.